The Kier molecular flexibility index (Phi) is 5.82. The lowest BCUT2D eigenvalue weighted by Gasteiger charge is -2.14. The van der Waals surface area contributed by atoms with Crippen molar-refractivity contribution in [2.45, 2.75) is 39.7 Å². The highest BCUT2D eigenvalue weighted by Gasteiger charge is 2.17. The van der Waals surface area contributed by atoms with Gasteiger partial charge in [-0.05, 0) is 12.3 Å². The van der Waals surface area contributed by atoms with Crippen molar-refractivity contribution in [1.82, 2.24) is 4.72 Å². The second-order valence-electron chi connectivity index (χ2n) is 3.96. The van der Waals surface area contributed by atoms with Crippen LogP contribution < -0.4 is 10.5 Å². The van der Waals surface area contributed by atoms with Crippen molar-refractivity contribution < 1.29 is 13.2 Å². The van der Waals surface area contributed by atoms with Gasteiger partial charge in [-0.3, -0.25) is 9.52 Å². The number of carbonyl (C=O) groups is 1. The predicted molar refractivity (Wildman–Crippen MR) is 59.7 cm³/mol. The Morgan fingerprint density at radius 1 is 1.40 bits per heavy atom. The first-order chi connectivity index (χ1) is 6.78. The first kappa shape index (κ1) is 14.4. The van der Waals surface area contributed by atoms with Crippen molar-refractivity contribution in [3.63, 3.8) is 0 Å². The summed E-state index contributed by atoms with van der Waals surface area (Å²) in [6.45, 7) is 5.51. The van der Waals surface area contributed by atoms with Gasteiger partial charge in [-0.1, -0.05) is 20.8 Å². The Balaban J connectivity index is 4.15. The largest absolute Gasteiger partial charge is 0.327 e. The molecule has 0 spiro atoms. The molecule has 0 aliphatic carbocycles. The van der Waals surface area contributed by atoms with Crippen LogP contribution in [0.2, 0.25) is 0 Å². The second-order valence-corrected chi connectivity index (χ2v) is 5.80. The third-order valence-corrected chi connectivity index (χ3v) is 3.50. The van der Waals surface area contributed by atoms with Gasteiger partial charge in [0.25, 0.3) is 0 Å². The molecule has 0 saturated heterocycles. The van der Waals surface area contributed by atoms with Crippen LogP contribution in [-0.4, -0.2) is 26.1 Å². The van der Waals surface area contributed by atoms with E-state index >= 15 is 0 Å². The van der Waals surface area contributed by atoms with Crippen LogP contribution >= 0.6 is 0 Å². The van der Waals surface area contributed by atoms with E-state index in [1.165, 1.54) is 0 Å². The molecule has 0 fully saturated rings. The monoisotopic (exact) mass is 236 g/mol. The summed E-state index contributed by atoms with van der Waals surface area (Å²) >= 11 is 0. The molecule has 0 heterocycles. The fourth-order valence-electron chi connectivity index (χ4n) is 0.985. The molecule has 0 radical (unpaired) electrons. The molecule has 0 aliphatic rings. The molecule has 0 rings (SSSR count). The number of hydrogen-bond acceptors (Lipinski definition) is 4. The van der Waals surface area contributed by atoms with Gasteiger partial charge < -0.3 is 5.73 Å². The third-order valence-electron chi connectivity index (χ3n) is 2.02. The van der Waals surface area contributed by atoms with Crippen LogP contribution in [0.3, 0.4) is 0 Å². The highest BCUT2D eigenvalue weighted by molar-refractivity contribution is 7.90. The van der Waals surface area contributed by atoms with E-state index in [9.17, 15) is 13.2 Å². The summed E-state index contributed by atoms with van der Waals surface area (Å²) in [4.78, 5) is 11.3. The number of carbonyl (C=O) groups excluding carboxylic acids is 1. The maximum atomic E-state index is 11.3. The van der Waals surface area contributed by atoms with E-state index in [0.29, 0.717) is 6.42 Å². The van der Waals surface area contributed by atoms with Crippen LogP contribution in [0.1, 0.15) is 33.6 Å². The number of rotatable bonds is 6. The minimum Gasteiger partial charge on any atom is -0.327 e. The molecular weight excluding hydrogens is 216 g/mol. The van der Waals surface area contributed by atoms with Gasteiger partial charge in [-0.25, -0.2) is 8.42 Å². The molecular formula is C9H20N2O3S. The Bertz CT molecular complexity index is 298. The first-order valence-corrected chi connectivity index (χ1v) is 6.72. The van der Waals surface area contributed by atoms with Gasteiger partial charge in [-0.2, -0.15) is 0 Å². The quantitative estimate of drug-likeness (QED) is 0.690. The minimum atomic E-state index is -3.46. The number of sulfonamides is 1. The first-order valence-electron chi connectivity index (χ1n) is 5.07. The molecule has 6 heteroatoms. The number of amides is 1. The summed E-state index contributed by atoms with van der Waals surface area (Å²) in [6.07, 6.45) is 0.527. The van der Waals surface area contributed by atoms with E-state index in [1.807, 2.05) is 18.6 Å². The van der Waals surface area contributed by atoms with E-state index in [0.717, 1.165) is 0 Å². The molecule has 0 aromatic rings. The summed E-state index contributed by atoms with van der Waals surface area (Å²) in [5.41, 5.74) is 5.65. The van der Waals surface area contributed by atoms with Crippen LogP contribution in [0, 0.1) is 5.92 Å². The molecule has 1 atom stereocenters. The van der Waals surface area contributed by atoms with E-state index in [-0.39, 0.29) is 24.1 Å². The van der Waals surface area contributed by atoms with Crippen molar-refractivity contribution >= 4 is 15.9 Å². The molecule has 1 amide bonds. The van der Waals surface area contributed by atoms with Crippen LogP contribution in [0.25, 0.3) is 0 Å². The van der Waals surface area contributed by atoms with Crippen LogP contribution in [0.4, 0.5) is 0 Å². The zero-order valence-electron chi connectivity index (χ0n) is 9.49. The van der Waals surface area contributed by atoms with Crippen LogP contribution in [-0.2, 0) is 14.8 Å². The van der Waals surface area contributed by atoms with Crippen LogP contribution in [0.5, 0.6) is 0 Å². The van der Waals surface area contributed by atoms with Gasteiger partial charge in [0, 0.05) is 12.5 Å². The van der Waals surface area contributed by atoms with E-state index in [1.54, 1.807) is 6.92 Å². The van der Waals surface area contributed by atoms with Crippen LogP contribution in [0.15, 0.2) is 0 Å². The molecule has 5 nitrogen and oxygen atoms in total. The fourth-order valence-corrected chi connectivity index (χ4v) is 2.05. The predicted octanol–water partition coefficient (Wildman–Crippen LogP) is 0.216. The summed E-state index contributed by atoms with van der Waals surface area (Å²) < 4.78 is 24.4. The van der Waals surface area contributed by atoms with Crippen molar-refractivity contribution in [2.24, 2.45) is 11.7 Å². The standard InChI is InChI=1S/C9H20N2O3S/c1-4-5-15(13,14)11-9(12)6-8(10)7(2)3/h7-8H,4-6,10H2,1-3H3,(H,11,12). The molecule has 0 aliphatic heterocycles. The molecule has 0 bridgehead atoms. The molecule has 0 aromatic heterocycles. The third kappa shape index (κ3) is 6.46. The zero-order chi connectivity index (χ0) is 12.1. The Hall–Kier alpha value is -0.620. The molecule has 1 unspecified atom stereocenters. The average molecular weight is 236 g/mol. The Labute approximate surface area is 91.5 Å². The van der Waals surface area contributed by atoms with Crippen molar-refractivity contribution in [3.8, 4) is 0 Å². The summed E-state index contributed by atoms with van der Waals surface area (Å²) in [5.74, 6) is -0.398. The average Bonchev–Trinajstić information content (AvgIpc) is 2.01. The summed E-state index contributed by atoms with van der Waals surface area (Å²) in [6, 6.07) is -0.304. The van der Waals surface area contributed by atoms with Gasteiger partial charge in [0.15, 0.2) is 0 Å². The van der Waals surface area contributed by atoms with Gasteiger partial charge in [0.05, 0.1) is 5.75 Å². The zero-order valence-corrected chi connectivity index (χ0v) is 10.3. The lowest BCUT2D eigenvalue weighted by atomic mass is 10.0. The van der Waals surface area contributed by atoms with Crippen molar-refractivity contribution in [2.75, 3.05) is 5.75 Å². The number of nitrogens with two attached hydrogens (primary N) is 1. The van der Waals surface area contributed by atoms with E-state index < -0.39 is 15.9 Å². The van der Waals surface area contributed by atoms with E-state index in [4.69, 9.17) is 5.73 Å². The molecule has 0 aromatic carbocycles. The SMILES string of the molecule is CCCS(=O)(=O)NC(=O)CC(N)C(C)C. The smallest absolute Gasteiger partial charge is 0.234 e. The minimum absolute atomic E-state index is 0.0321. The molecule has 15 heavy (non-hydrogen) atoms. The highest BCUT2D eigenvalue weighted by Crippen LogP contribution is 2.03. The fraction of sp³-hybridized carbons (Fsp3) is 0.889. The van der Waals surface area contributed by atoms with Gasteiger partial charge in [0.1, 0.15) is 0 Å². The summed E-state index contributed by atoms with van der Waals surface area (Å²) in [7, 11) is -3.46. The topological polar surface area (TPSA) is 89.3 Å². The number of nitrogens with one attached hydrogen (secondary N) is 1. The maximum Gasteiger partial charge on any atom is 0.234 e. The van der Waals surface area contributed by atoms with Gasteiger partial charge >= 0.3 is 0 Å². The Morgan fingerprint density at radius 3 is 2.33 bits per heavy atom. The Morgan fingerprint density at radius 2 is 1.93 bits per heavy atom. The van der Waals surface area contributed by atoms with Gasteiger partial charge in [0.2, 0.25) is 15.9 Å². The normalized spacial score (nSPS) is 13.9. The van der Waals surface area contributed by atoms with Crippen molar-refractivity contribution in [3.05, 3.63) is 0 Å². The van der Waals surface area contributed by atoms with Gasteiger partial charge in [-0.15, -0.1) is 0 Å². The lowest BCUT2D eigenvalue weighted by molar-refractivity contribution is -0.119. The molecule has 90 valence electrons. The lowest BCUT2D eigenvalue weighted by Crippen LogP contribution is -2.38. The number of hydrogen-bond donors (Lipinski definition) is 2. The second kappa shape index (κ2) is 6.07. The van der Waals surface area contributed by atoms with Crippen molar-refractivity contribution in [1.29, 1.82) is 0 Å². The summed E-state index contributed by atoms with van der Waals surface area (Å²) in [5, 5.41) is 0. The molecule has 0 saturated carbocycles. The maximum absolute atomic E-state index is 11.3. The van der Waals surface area contributed by atoms with E-state index in [2.05, 4.69) is 0 Å². The molecule has 3 N–H and O–H groups in total. The highest BCUT2D eigenvalue weighted by atomic mass is 32.2.